The third kappa shape index (κ3) is 7.92. The van der Waals surface area contributed by atoms with Gasteiger partial charge < -0.3 is 19.9 Å². The minimum Gasteiger partial charge on any atom is -0.478 e. The van der Waals surface area contributed by atoms with Gasteiger partial charge >= 0.3 is 11.9 Å². The van der Waals surface area contributed by atoms with Gasteiger partial charge in [-0.25, -0.2) is 9.59 Å². The van der Waals surface area contributed by atoms with Crippen LogP contribution in [0.4, 0.5) is 0 Å². The number of aryl methyl sites for hydroxylation is 2. The molecule has 8 nitrogen and oxygen atoms in total. The number of carboxylic acids is 1. The average Bonchev–Trinajstić information content (AvgIpc) is 3.08. The van der Waals surface area contributed by atoms with Gasteiger partial charge in [0.2, 0.25) is 5.88 Å². The quantitative estimate of drug-likeness (QED) is 0.428. The lowest BCUT2D eigenvalue weighted by Gasteiger charge is -2.11. The number of thioether (sulfide) groups is 1. The first-order chi connectivity index (χ1) is 12.6. The molecule has 0 bridgehead atoms. The second-order valence-corrected chi connectivity index (χ2v) is 6.93. The molecule has 0 aromatic carbocycles. The number of carboxylic acid groups (broad SMARTS) is 1. The lowest BCUT2D eigenvalue weighted by Crippen LogP contribution is -2.24. The molecule has 2 N–H and O–H groups in total. The molecule has 1 aromatic heterocycles. The van der Waals surface area contributed by atoms with Crippen LogP contribution in [-0.4, -0.2) is 64.6 Å². The zero-order chi connectivity index (χ0) is 18.6. The van der Waals surface area contributed by atoms with E-state index in [2.05, 4.69) is 10.4 Å². The Labute approximate surface area is 156 Å². The Kier molecular flexibility index (Phi) is 9.05. The molecule has 0 aliphatic carbocycles. The van der Waals surface area contributed by atoms with Crippen molar-refractivity contribution in [3.05, 3.63) is 23.9 Å². The number of carbonyl (C=O) groups is 2. The fourth-order valence-corrected chi connectivity index (χ4v) is 3.24. The number of esters is 1. The number of nitrogens with one attached hydrogen (secondary N) is 1. The SMILES string of the molecule is C1CSCCN1.O=C(O)/C=C\C(=O)OCCOc1cc2n(n1)CCCC2. The molecule has 9 heteroatoms. The van der Waals surface area contributed by atoms with Crippen LogP contribution in [0.25, 0.3) is 0 Å². The maximum atomic E-state index is 11.1. The summed E-state index contributed by atoms with van der Waals surface area (Å²) in [5, 5.41) is 15.9. The summed E-state index contributed by atoms with van der Waals surface area (Å²) < 4.78 is 12.1. The van der Waals surface area contributed by atoms with E-state index in [1.54, 1.807) is 0 Å². The molecular formula is C17H25N3O5S. The van der Waals surface area contributed by atoms with Crippen LogP contribution in [-0.2, 0) is 27.3 Å². The highest BCUT2D eigenvalue weighted by molar-refractivity contribution is 7.99. The Balaban J connectivity index is 0.000000342. The van der Waals surface area contributed by atoms with Crippen molar-refractivity contribution >= 4 is 23.7 Å². The topological polar surface area (TPSA) is 103 Å². The van der Waals surface area contributed by atoms with Gasteiger partial charge in [0.15, 0.2) is 0 Å². The lowest BCUT2D eigenvalue weighted by atomic mass is 10.1. The van der Waals surface area contributed by atoms with Crippen molar-refractivity contribution in [3.8, 4) is 5.88 Å². The van der Waals surface area contributed by atoms with E-state index in [0.717, 1.165) is 37.2 Å². The minimum absolute atomic E-state index is 0.0466. The first-order valence-corrected chi connectivity index (χ1v) is 9.86. The molecule has 1 fully saturated rings. The Hall–Kier alpha value is -2.00. The number of hydrogen-bond acceptors (Lipinski definition) is 7. The highest BCUT2D eigenvalue weighted by atomic mass is 32.2. The van der Waals surface area contributed by atoms with Gasteiger partial charge in [0, 0.05) is 55.1 Å². The Bertz CT molecular complexity index is 579. The van der Waals surface area contributed by atoms with Crippen LogP contribution in [0, 0.1) is 0 Å². The average molecular weight is 383 g/mol. The molecule has 3 heterocycles. The largest absolute Gasteiger partial charge is 0.478 e. The molecule has 144 valence electrons. The molecule has 1 aromatic rings. The summed E-state index contributed by atoms with van der Waals surface area (Å²) in [6, 6.07) is 1.89. The van der Waals surface area contributed by atoms with Gasteiger partial charge in [-0.1, -0.05) is 0 Å². The fourth-order valence-electron chi connectivity index (χ4n) is 2.45. The van der Waals surface area contributed by atoms with Gasteiger partial charge in [-0.3, -0.25) is 4.68 Å². The third-order valence-corrected chi connectivity index (χ3v) is 4.67. The van der Waals surface area contributed by atoms with Gasteiger partial charge in [0.1, 0.15) is 13.2 Å². The van der Waals surface area contributed by atoms with E-state index in [-0.39, 0.29) is 13.2 Å². The van der Waals surface area contributed by atoms with E-state index in [1.807, 2.05) is 22.5 Å². The number of rotatable bonds is 6. The summed E-state index contributed by atoms with van der Waals surface area (Å²) in [7, 11) is 0. The van der Waals surface area contributed by atoms with E-state index in [0.29, 0.717) is 5.88 Å². The number of carbonyl (C=O) groups excluding carboxylic acids is 1. The number of nitrogens with zero attached hydrogens (tertiary/aromatic N) is 2. The standard InChI is InChI=1S/C13H16N2O5.C4H9NS/c16-12(17)4-5-13(18)20-8-7-19-11-9-10-3-1-2-6-15(10)14-11;1-3-6-4-2-5-1/h4-5,9H,1-3,6-8H2,(H,16,17);5H,1-4H2/b5-4-;. The number of aromatic nitrogens is 2. The Morgan fingerprint density at radius 3 is 2.69 bits per heavy atom. The van der Waals surface area contributed by atoms with Gasteiger partial charge in [-0.2, -0.15) is 11.8 Å². The lowest BCUT2D eigenvalue weighted by molar-refractivity contribution is -0.139. The second kappa shape index (κ2) is 11.6. The van der Waals surface area contributed by atoms with Crippen molar-refractivity contribution in [2.75, 3.05) is 37.8 Å². The minimum atomic E-state index is -1.19. The molecule has 0 spiro atoms. The van der Waals surface area contributed by atoms with Gasteiger partial charge in [0.05, 0.1) is 0 Å². The third-order valence-electron chi connectivity index (χ3n) is 3.68. The van der Waals surface area contributed by atoms with Crippen LogP contribution in [0.15, 0.2) is 18.2 Å². The smallest absolute Gasteiger partial charge is 0.331 e. The molecular weight excluding hydrogens is 358 g/mol. The Morgan fingerprint density at radius 1 is 1.27 bits per heavy atom. The maximum Gasteiger partial charge on any atom is 0.331 e. The maximum absolute atomic E-state index is 11.1. The van der Waals surface area contributed by atoms with Crippen molar-refractivity contribution < 1.29 is 24.2 Å². The molecule has 0 amide bonds. The molecule has 2 aliphatic rings. The molecule has 3 rings (SSSR count). The zero-order valence-corrected chi connectivity index (χ0v) is 15.5. The molecule has 26 heavy (non-hydrogen) atoms. The number of fused-ring (bicyclic) bond motifs is 1. The summed E-state index contributed by atoms with van der Waals surface area (Å²) in [6.07, 6.45) is 4.88. The summed E-state index contributed by atoms with van der Waals surface area (Å²) in [4.78, 5) is 21.3. The first kappa shape index (κ1) is 20.3. The van der Waals surface area contributed by atoms with Crippen LogP contribution in [0.5, 0.6) is 5.88 Å². The van der Waals surface area contributed by atoms with E-state index >= 15 is 0 Å². The van der Waals surface area contributed by atoms with Crippen LogP contribution in [0.1, 0.15) is 18.5 Å². The van der Waals surface area contributed by atoms with E-state index in [1.165, 1.54) is 31.0 Å². The summed E-state index contributed by atoms with van der Waals surface area (Å²) in [5.41, 5.74) is 1.16. The summed E-state index contributed by atoms with van der Waals surface area (Å²) >= 11 is 2.03. The van der Waals surface area contributed by atoms with Crippen molar-refractivity contribution in [2.24, 2.45) is 0 Å². The molecule has 2 aliphatic heterocycles. The number of hydrogen-bond donors (Lipinski definition) is 2. The highest BCUT2D eigenvalue weighted by Gasteiger charge is 2.12. The predicted octanol–water partition coefficient (Wildman–Crippen LogP) is 1.10. The number of ether oxygens (including phenoxy) is 2. The first-order valence-electron chi connectivity index (χ1n) is 8.71. The zero-order valence-electron chi connectivity index (χ0n) is 14.7. The second-order valence-electron chi connectivity index (χ2n) is 5.70. The fraction of sp³-hybridized carbons (Fsp3) is 0.588. The van der Waals surface area contributed by atoms with E-state index in [9.17, 15) is 9.59 Å². The van der Waals surface area contributed by atoms with Gasteiger partial charge in [-0.15, -0.1) is 5.10 Å². The van der Waals surface area contributed by atoms with Crippen molar-refractivity contribution in [1.29, 1.82) is 0 Å². The normalized spacial score (nSPS) is 16.3. The van der Waals surface area contributed by atoms with Crippen LogP contribution in [0.3, 0.4) is 0 Å². The number of aliphatic carboxylic acids is 1. The van der Waals surface area contributed by atoms with Gasteiger partial charge in [0.25, 0.3) is 0 Å². The van der Waals surface area contributed by atoms with E-state index in [4.69, 9.17) is 14.6 Å². The van der Waals surface area contributed by atoms with Crippen LogP contribution >= 0.6 is 11.8 Å². The molecule has 0 unspecified atom stereocenters. The highest BCUT2D eigenvalue weighted by Crippen LogP contribution is 2.19. The van der Waals surface area contributed by atoms with Crippen LogP contribution < -0.4 is 10.1 Å². The predicted molar refractivity (Wildman–Crippen MR) is 98.6 cm³/mol. The monoisotopic (exact) mass is 383 g/mol. The van der Waals surface area contributed by atoms with Crippen molar-refractivity contribution in [2.45, 2.75) is 25.8 Å². The van der Waals surface area contributed by atoms with Crippen molar-refractivity contribution in [1.82, 2.24) is 15.1 Å². The molecule has 1 saturated heterocycles. The van der Waals surface area contributed by atoms with Gasteiger partial charge in [-0.05, 0) is 19.3 Å². The Morgan fingerprint density at radius 2 is 2.08 bits per heavy atom. The van der Waals surface area contributed by atoms with Crippen LogP contribution in [0.2, 0.25) is 0 Å². The van der Waals surface area contributed by atoms with E-state index < -0.39 is 11.9 Å². The molecule has 0 radical (unpaired) electrons. The molecule has 0 saturated carbocycles. The van der Waals surface area contributed by atoms with Crippen molar-refractivity contribution in [3.63, 3.8) is 0 Å². The summed E-state index contributed by atoms with van der Waals surface area (Å²) in [6.45, 7) is 3.57. The molecule has 0 atom stereocenters. The summed E-state index contributed by atoms with van der Waals surface area (Å²) in [5.74, 6) is 1.24.